The maximum Gasteiger partial charge on any atom is 0.410 e. The number of piperidine rings is 1. The molecule has 1 amide bonds. The summed E-state index contributed by atoms with van der Waals surface area (Å²) in [7, 11) is 0. The van der Waals surface area contributed by atoms with Crippen LogP contribution >= 0.6 is 0 Å². The van der Waals surface area contributed by atoms with Crippen molar-refractivity contribution in [2.24, 2.45) is 0 Å². The van der Waals surface area contributed by atoms with Crippen molar-refractivity contribution < 1.29 is 14.3 Å². The molecule has 3 rings (SSSR count). The lowest BCUT2D eigenvalue weighted by molar-refractivity contribution is 0.0205. The summed E-state index contributed by atoms with van der Waals surface area (Å²) in [5.74, 6) is 0.433. The molecule has 0 aromatic heterocycles. The van der Waals surface area contributed by atoms with Gasteiger partial charge in [-0.1, -0.05) is 6.07 Å². The van der Waals surface area contributed by atoms with Gasteiger partial charge in [-0.2, -0.15) is 0 Å². The number of hydrogen-bond donors (Lipinski definition) is 2. The van der Waals surface area contributed by atoms with Gasteiger partial charge in [0.05, 0.1) is 11.4 Å². The van der Waals surface area contributed by atoms with Crippen LogP contribution in [-0.4, -0.2) is 48.9 Å². The molecule has 0 saturated carbocycles. The van der Waals surface area contributed by atoms with E-state index in [2.05, 4.69) is 23.5 Å². The van der Waals surface area contributed by atoms with Gasteiger partial charge in [0.25, 0.3) is 0 Å². The van der Waals surface area contributed by atoms with Gasteiger partial charge in [0.15, 0.2) is 0 Å². The average molecular weight is 376 g/mol. The van der Waals surface area contributed by atoms with Gasteiger partial charge in [-0.15, -0.1) is 0 Å². The van der Waals surface area contributed by atoms with Crippen molar-refractivity contribution in [3.63, 3.8) is 0 Å². The van der Waals surface area contributed by atoms with E-state index >= 15 is 0 Å². The lowest BCUT2D eigenvalue weighted by Gasteiger charge is -2.33. The molecule has 2 saturated heterocycles. The van der Waals surface area contributed by atoms with Crippen LogP contribution in [0.25, 0.3) is 0 Å². The van der Waals surface area contributed by atoms with E-state index in [4.69, 9.17) is 15.2 Å². The third-order valence-corrected chi connectivity index (χ3v) is 5.27. The van der Waals surface area contributed by atoms with Gasteiger partial charge < -0.3 is 25.4 Å². The number of ether oxygens (including phenoxy) is 2. The lowest BCUT2D eigenvalue weighted by Crippen LogP contribution is -2.41. The summed E-state index contributed by atoms with van der Waals surface area (Å²) in [5.41, 5.74) is 8.93. The van der Waals surface area contributed by atoms with E-state index < -0.39 is 5.60 Å². The number of rotatable bonds is 3. The molecule has 27 heavy (non-hydrogen) atoms. The van der Waals surface area contributed by atoms with E-state index in [9.17, 15) is 4.79 Å². The molecular weight excluding hydrogens is 342 g/mol. The van der Waals surface area contributed by atoms with E-state index in [0.29, 0.717) is 12.0 Å². The minimum absolute atomic E-state index is 0.212. The van der Waals surface area contributed by atoms with E-state index in [1.54, 1.807) is 0 Å². The number of benzene rings is 1. The molecule has 3 N–H and O–H groups in total. The quantitative estimate of drug-likeness (QED) is 0.782. The zero-order valence-electron chi connectivity index (χ0n) is 16.8. The summed E-state index contributed by atoms with van der Waals surface area (Å²) in [6, 6.07) is 6.80. The van der Waals surface area contributed by atoms with Crippen LogP contribution in [0.4, 0.5) is 16.2 Å². The molecule has 0 unspecified atom stereocenters. The fourth-order valence-electron chi connectivity index (χ4n) is 3.75. The Balaban J connectivity index is 1.55. The first-order chi connectivity index (χ1) is 12.8. The SMILES string of the molecule is CC(C)(C)OC(=O)N1CCC(c2ccc(NC3CCOCC3)c(N)c2)CC1. The van der Waals surface area contributed by atoms with Crippen molar-refractivity contribution in [2.75, 3.05) is 37.4 Å². The summed E-state index contributed by atoms with van der Waals surface area (Å²) in [4.78, 5) is 14.0. The van der Waals surface area contributed by atoms with Crippen LogP contribution in [0.2, 0.25) is 0 Å². The smallest absolute Gasteiger partial charge is 0.410 e. The summed E-state index contributed by atoms with van der Waals surface area (Å²) in [6.45, 7) is 8.77. The van der Waals surface area contributed by atoms with Gasteiger partial charge in [0.1, 0.15) is 5.60 Å². The Bertz CT molecular complexity index is 643. The molecule has 2 fully saturated rings. The zero-order valence-corrected chi connectivity index (χ0v) is 16.8. The fraction of sp³-hybridized carbons (Fsp3) is 0.667. The normalized spacial score (nSPS) is 19.7. The van der Waals surface area contributed by atoms with Crippen molar-refractivity contribution >= 4 is 17.5 Å². The summed E-state index contributed by atoms with van der Waals surface area (Å²) < 4.78 is 10.9. The Morgan fingerprint density at radius 2 is 1.85 bits per heavy atom. The fourth-order valence-corrected chi connectivity index (χ4v) is 3.75. The van der Waals surface area contributed by atoms with Gasteiger partial charge in [-0.25, -0.2) is 4.79 Å². The molecule has 150 valence electrons. The third-order valence-electron chi connectivity index (χ3n) is 5.27. The maximum atomic E-state index is 12.2. The zero-order chi connectivity index (χ0) is 19.4. The van der Waals surface area contributed by atoms with Crippen LogP contribution in [0, 0.1) is 0 Å². The number of carbonyl (C=O) groups is 1. The van der Waals surface area contributed by atoms with Gasteiger partial charge in [-0.05, 0) is 70.1 Å². The number of likely N-dealkylation sites (tertiary alicyclic amines) is 1. The predicted molar refractivity (Wildman–Crippen MR) is 108 cm³/mol. The molecule has 2 heterocycles. The Labute approximate surface area is 162 Å². The molecule has 1 aromatic carbocycles. The number of nitrogen functional groups attached to an aromatic ring is 1. The second-order valence-electron chi connectivity index (χ2n) is 8.62. The van der Waals surface area contributed by atoms with Gasteiger partial charge in [0.2, 0.25) is 0 Å². The summed E-state index contributed by atoms with van der Waals surface area (Å²) >= 11 is 0. The lowest BCUT2D eigenvalue weighted by atomic mass is 9.89. The predicted octanol–water partition coefficient (Wildman–Crippen LogP) is 3.97. The highest BCUT2D eigenvalue weighted by Crippen LogP contribution is 2.32. The Morgan fingerprint density at radius 1 is 1.19 bits per heavy atom. The van der Waals surface area contributed by atoms with Crippen molar-refractivity contribution in [1.29, 1.82) is 0 Å². The second kappa shape index (κ2) is 8.38. The third kappa shape index (κ3) is 5.51. The Morgan fingerprint density at radius 3 is 2.44 bits per heavy atom. The number of nitrogens with zero attached hydrogens (tertiary/aromatic N) is 1. The van der Waals surface area contributed by atoms with Crippen molar-refractivity contribution in [1.82, 2.24) is 4.90 Å². The molecule has 6 nitrogen and oxygen atoms in total. The van der Waals surface area contributed by atoms with E-state index in [-0.39, 0.29) is 6.09 Å². The molecule has 0 bridgehead atoms. The molecule has 0 aliphatic carbocycles. The van der Waals surface area contributed by atoms with Crippen LogP contribution in [0.15, 0.2) is 18.2 Å². The minimum atomic E-state index is -0.449. The van der Waals surface area contributed by atoms with Crippen molar-refractivity contribution in [3.05, 3.63) is 23.8 Å². The standard InChI is InChI=1S/C21H33N3O3/c1-21(2,3)27-20(25)24-10-6-15(7-11-24)16-4-5-19(18(22)14-16)23-17-8-12-26-13-9-17/h4-5,14-15,17,23H,6-13,22H2,1-3H3. The van der Waals surface area contributed by atoms with Gasteiger partial charge >= 0.3 is 6.09 Å². The first kappa shape index (κ1) is 19.8. The monoisotopic (exact) mass is 375 g/mol. The Hall–Kier alpha value is -1.95. The molecule has 0 radical (unpaired) electrons. The van der Waals surface area contributed by atoms with Crippen LogP contribution in [0.5, 0.6) is 0 Å². The summed E-state index contributed by atoms with van der Waals surface area (Å²) in [6.07, 6.45) is 3.70. The highest BCUT2D eigenvalue weighted by molar-refractivity contribution is 5.69. The van der Waals surface area contributed by atoms with E-state index in [1.807, 2.05) is 25.7 Å². The van der Waals surface area contributed by atoms with E-state index in [1.165, 1.54) is 5.56 Å². The number of anilines is 2. The number of nitrogens with one attached hydrogen (secondary N) is 1. The number of hydrogen-bond acceptors (Lipinski definition) is 5. The highest BCUT2D eigenvalue weighted by Gasteiger charge is 2.27. The molecule has 6 heteroatoms. The number of nitrogens with two attached hydrogens (primary N) is 1. The largest absolute Gasteiger partial charge is 0.444 e. The molecule has 0 atom stereocenters. The average Bonchev–Trinajstić information content (AvgIpc) is 2.63. The van der Waals surface area contributed by atoms with Crippen molar-refractivity contribution in [2.45, 2.75) is 64.0 Å². The minimum Gasteiger partial charge on any atom is -0.444 e. The van der Waals surface area contributed by atoms with E-state index in [0.717, 1.165) is 63.4 Å². The number of amides is 1. The first-order valence-corrected chi connectivity index (χ1v) is 10.0. The highest BCUT2D eigenvalue weighted by atomic mass is 16.6. The summed E-state index contributed by atoms with van der Waals surface area (Å²) in [5, 5.41) is 3.55. The number of carbonyl (C=O) groups excluding carboxylic acids is 1. The molecule has 1 aromatic rings. The van der Waals surface area contributed by atoms with Crippen LogP contribution in [0.1, 0.15) is 57.9 Å². The molecule has 0 spiro atoms. The van der Waals surface area contributed by atoms with Crippen molar-refractivity contribution in [3.8, 4) is 0 Å². The van der Waals surface area contributed by atoms with Gasteiger partial charge in [0, 0.05) is 32.3 Å². The van der Waals surface area contributed by atoms with Crippen LogP contribution < -0.4 is 11.1 Å². The van der Waals surface area contributed by atoms with Gasteiger partial charge in [-0.3, -0.25) is 0 Å². The Kier molecular flexibility index (Phi) is 6.15. The maximum absolute atomic E-state index is 12.2. The van der Waals surface area contributed by atoms with Crippen LogP contribution in [0.3, 0.4) is 0 Å². The molecule has 2 aliphatic heterocycles. The topological polar surface area (TPSA) is 76.8 Å². The van der Waals surface area contributed by atoms with Crippen LogP contribution in [-0.2, 0) is 9.47 Å². The molecule has 2 aliphatic rings. The second-order valence-corrected chi connectivity index (χ2v) is 8.62. The first-order valence-electron chi connectivity index (χ1n) is 10.0. The molecular formula is C21H33N3O3.